The van der Waals surface area contributed by atoms with Crippen molar-refractivity contribution in [2.75, 3.05) is 31.1 Å². The highest BCUT2D eigenvalue weighted by Crippen LogP contribution is 2.28. The first-order valence-electron chi connectivity index (χ1n) is 10.8. The molecule has 0 spiro atoms. The third-order valence-electron chi connectivity index (χ3n) is 5.60. The number of benzene rings is 1. The molecule has 0 unspecified atom stereocenters. The Morgan fingerprint density at radius 2 is 1.81 bits per heavy atom. The lowest BCUT2D eigenvalue weighted by atomic mass is 10.1. The largest absolute Gasteiger partial charge is 0.344 e. The molecule has 8 nitrogen and oxygen atoms in total. The van der Waals surface area contributed by atoms with Crippen LogP contribution in [0.25, 0.3) is 21.1 Å². The number of pyridine rings is 1. The van der Waals surface area contributed by atoms with Crippen molar-refractivity contribution in [2.24, 2.45) is 5.92 Å². The molecule has 0 aliphatic carbocycles. The summed E-state index contributed by atoms with van der Waals surface area (Å²) in [6.07, 6.45) is 1.77. The second kappa shape index (κ2) is 8.31. The number of amides is 1. The number of rotatable bonds is 4. The Morgan fingerprint density at radius 3 is 2.53 bits per heavy atom. The van der Waals surface area contributed by atoms with E-state index in [1.807, 2.05) is 43.0 Å². The van der Waals surface area contributed by atoms with Crippen molar-refractivity contribution in [3.8, 4) is 0 Å². The normalized spacial score (nSPS) is 14.6. The van der Waals surface area contributed by atoms with Gasteiger partial charge in [0.25, 0.3) is 11.5 Å². The first-order valence-corrected chi connectivity index (χ1v) is 11.6. The maximum absolute atomic E-state index is 13.5. The summed E-state index contributed by atoms with van der Waals surface area (Å²) in [5.41, 5.74) is 1.09. The molecule has 4 aromatic rings. The average Bonchev–Trinajstić information content (AvgIpc) is 3.25. The van der Waals surface area contributed by atoms with Crippen molar-refractivity contribution in [2.45, 2.75) is 20.4 Å². The smallest absolute Gasteiger partial charge is 0.275 e. The highest BCUT2D eigenvalue weighted by molar-refractivity contribution is 7.21. The Kier molecular flexibility index (Phi) is 5.34. The van der Waals surface area contributed by atoms with Crippen LogP contribution in [-0.4, -0.2) is 56.7 Å². The van der Waals surface area contributed by atoms with Crippen molar-refractivity contribution in [1.82, 2.24) is 24.6 Å². The van der Waals surface area contributed by atoms with Crippen LogP contribution in [0.2, 0.25) is 0 Å². The van der Waals surface area contributed by atoms with Gasteiger partial charge < -0.3 is 9.80 Å². The van der Waals surface area contributed by atoms with Gasteiger partial charge in [0.15, 0.2) is 10.8 Å². The van der Waals surface area contributed by atoms with Crippen LogP contribution in [0.15, 0.2) is 47.4 Å². The fraction of sp³-hybridized carbons (Fsp3) is 0.348. The van der Waals surface area contributed by atoms with E-state index in [4.69, 9.17) is 0 Å². The van der Waals surface area contributed by atoms with E-state index in [1.54, 1.807) is 29.7 Å². The summed E-state index contributed by atoms with van der Waals surface area (Å²) in [5.74, 6) is 0.112. The molecular weight excluding hydrogens is 424 g/mol. The van der Waals surface area contributed by atoms with Crippen molar-refractivity contribution in [1.29, 1.82) is 0 Å². The number of piperazine rings is 1. The molecule has 3 aromatic heterocycles. The number of carbonyl (C=O) groups is 1. The number of fused-ring (bicyclic) bond motifs is 2. The van der Waals surface area contributed by atoms with Gasteiger partial charge in [0.05, 0.1) is 5.39 Å². The van der Waals surface area contributed by atoms with Gasteiger partial charge >= 0.3 is 0 Å². The molecule has 1 saturated heterocycles. The monoisotopic (exact) mass is 448 g/mol. The summed E-state index contributed by atoms with van der Waals surface area (Å²) in [6, 6.07) is 11.1. The van der Waals surface area contributed by atoms with Crippen LogP contribution in [0.5, 0.6) is 0 Å². The molecule has 164 valence electrons. The summed E-state index contributed by atoms with van der Waals surface area (Å²) in [5, 5.41) is 6.58. The van der Waals surface area contributed by atoms with Gasteiger partial charge in [0.1, 0.15) is 10.3 Å². The van der Waals surface area contributed by atoms with Crippen molar-refractivity contribution < 1.29 is 4.79 Å². The number of aromatic nitrogens is 4. The molecular formula is C23H24N6O2S. The standard InChI is InChI=1S/C23H24N6O2S/c1-15(2)14-29-21(30)17-7-4-3-6-16(17)19(26-29)22(31)27-10-12-28(13-11-27)23-25-18-8-5-9-24-20(18)32-23/h3-9,15H,10-14H2,1-2H3. The molecule has 5 rings (SSSR count). The van der Waals surface area contributed by atoms with E-state index in [1.165, 1.54) is 4.68 Å². The fourth-order valence-corrected chi connectivity index (χ4v) is 4.97. The number of thiazole rings is 1. The molecule has 9 heteroatoms. The van der Waals surface area contributed by atoms with Gasteiger partial charge in [-0.15, -0.1) is 0 Å². The van der Waals surface area contributed by atoms with E-state index in [0.29, 0.717) is 49.2 Å². The van der Waals surface area contributed by atoms with E-state index in [0.717, 1.165) is 15.5 Å². The van der Waals surface area contributed by atoms with Gasteiger partial charge in [0, 0.05) is 44.3 Å². The zero-order valence-corrected chi connectivity index (χ0v) is 18.9. The average molecular weight is 449 g/mol. The topological polar surface area (TPSA) is 84.2 Å². The quantitative estimate of drug-likeness (QED) is 0.477. The van der Waals surface area contributed by atoms with Crippen molar-refractivity contribution >= 4 is 43.5 Å². The minimum Gasteiger partial charge on any atom is -0.344 e. The summed E-state index contributed by atoms with van der Waals surface area (Å²) in [7, 11) is 0. The lowest BCUT2D eigenvalue weighted by molar-refractivity contribution is 0.0740. The van der Waals surface area contributed by atoms with Gasteiger partial charge in [-0.25, -0.2) is 14.6 Å². The highest BCUT2D eigenvalue weighted by Gasteiger charge is 2.27. The lowest BCUT2D eigenvalue weighted by Gasteiger charge is -2.34. The maximum Gasteiger partial charge on any atom is 0.275 e. The first kappa shape index (κ1) is 20.6. The number of nitrogens with zero attached hydrogens (tertiary/aromatic N) is 6. The highest BCUT2D eigenvalue weighted by atomic mass is 32.1. The van der Waals surface area contributed by atoms with Crippen LogP contribution >= 0.6 is 11.3 Å². The van der Waals surface area contributed by atoms with Crippen LogP contribution < -0.4 is 10.5 Å². The minimum absolute atomic E-state index is 0.135. The Bertz CT molecular complexity index is 1320. The van der Waals surface area contributed by atoms with Crippen LogP contribution in [0, 0.1) is 5.92 Å². The maximum atomic E-state index is 13.5. The molecule has 0 saturated carbocycles. The molecule has 1 aromatic carbocycles. The first-order chi connectivity index (χ1) is 15.5. The minimum atomic E-state index is -0.153. The Labute approximate surface area is 189 Å². The molecule has 1 aliphatic heterocycles. The molecule has 0 bridgehead atoms. The molecule has 0 radical (unpaired) electrons. The molecule has 1 fully saturated rings. The van der Waals surface area contributed by atoms with Crippen LogP contribution in [0.1, 0.15) is 24.3 Å². The van der Waals surface area contributed by atoms with E-state index < -0.39 is 0 Å². The van der Waals surface area contributed by atoms with Gasteiger partial charge in [0.2, 0.25) is 0 Å². The summed E-state index contributed by atoms with van der Waals surface area (Å²) < 4.78 is 1.44. The third-order valence-corrected chi connectivity index (χ3v) is 6.64. The van der Waals surface area contributed by atoms with E-state index >= 15 is 0 Å². The molecule has 32 heavy (non-hydrogen) atoms. The molecule has 0 N–H and O–H groups in total. The van der Waals surface area contributed by atoms with Gasteiger partial charge in [-0.3, -0.25) is 9.59 Å². The Balaban J connectivity index is 1.40. The summed E-state index contributed by atoms with van der Waals surface area (Å²) in [6.45, 7) is 7.06. The van der Waals surface area contributed by atoms with Crippen LogP contribution in [-0.2, 0) is 6.54 Å². The zero-order chi connectivity index (χ0) is 22.2. The molecule has 1 aliphatic rings. The SMILES string of the molecule is CC(C)Cn1nc(C(=O)N2CCN(c3nc4cccnc4s3)CC2)c2ccccc2c1=O. The van der Waals surface area contributed by atoms with E-state index in [9.17, 15) is 9.59 Å². The van der Waals surface area contributed by atoms with Crippen LogP contribution in [0.3, 0.4) is 0 Å². The summed E-state index contributed by atoms with van der Waals surface area (Å²) in [4.78, 5) is 40.3. The second-order valence-electron chi connectivity index (χ2n) is 8.38. The van der Waals surface area contributed by atoms with Gasteiger partial charge in [-0.2, -0.15) is 5.10 Å². The van der Waals surface area contributed by atoms with E-state index in [-0.39, 0.29) is 17.4 Å². The molecule has 4 heterocycles. The number of anilines is 1. The van der Waals surface area contributed by atoms with Crippen molar-refractivity contribution in [3.05, 3.63) is 58.6 Å². The summed E-state index contributed by atoms with van der Waals surface area (Å²) >= 11 is 1.57. The van der Waals surface area contributed by atoms with Crippen LogP contribution in [0.4, 0.5) is 5.13 Å². The Hall–Kier alpha value is -3.33. The third kappa shape index (κ3) is 3.73. The lowest BCUT2D eigenvalue weighted by Crippen LogP contribution is -2.49. The molecule has 1 amide bonds. The zero-order valence-electron chi connectivity index (χ0n) is 18.1. The second-order valence-corrected chi connectivity index (χ2v) is 9.33. The number of hydrogen-bond acceptors (Lipinski definition) is 7. The number of carbonyl (C=O) groups excluding carboxylic acids is 1. The van der Waals surface area contributed by atoms with Gasteiger partial charge in [-0.05, 0) is 24.1 Å². The molecule has 0 atom stereocenters. The number of hydrogen-bond donors (Lipinski definition) is 0. The Morgan fingerprint density at radius 1 is 1.06 bits per heavy atom. The van der Waals surface area contributed by atoms with Gasteiger partial charge in [-0.1, -0.05) is 43.4 Å². The predicted octanol–water partition coefficient (Wildman–Crippen LogP) is 3.02. The predicted molar refractivity (Wildman–Crippen MR) is 126 cm³/mol. The van der Waals surface area contributed by atoms with Crippen molar-refractivity contribution in [3.63, 3.8) is 0 Å². The fourth-order valence-electron chi connectivity index (χ4n) is 4.01. The van der Waals surface area contributed by atoms with E-state index in [2.05, 4.69) is 20.0 Å².